The van der Waals surface area contributed by atoms with E-state index in [1.807, 2.05) is 6.07 Å². The largest absolute Gasteiger partial charge is 0.334 e. The van der Waals surface area contributed by atoms with Gasteiger partial charge in [0.25, 0.3) is 0 Å². The van der Waals surface area contributed by atoms with Gasteiger partial charge in [-0.25, -0.2) is 17.6 Å². The van der Waals surface area contributed by atoms with Crippen LogP contribution in [0.5, 0.6) is 0 Å². The third kappa shape index (κ3) is 4.52. The number of aromatic nitrogens is 1. The maximum Gasteiger partial charge on any atom is 0.319 e. The minimum Gasteiger partial charge on any atom is -0.334 e. The number of benzene rings is 2. The van der Waals surface area contributed by atoms with Crippen molar-refractivity contribution in [2.75, 3.05) is 5.32 Å². The van der Waals surface area contributed by atoms with Gasteiger partial charge in [-0.2, -0.15) is 0 Å². The number of halogens is 1. The van der Waals surface area contributed by atoms with Crippen LogP contribution in [0.2, 0.25) is 0 Å². The highest BCUT2D eigenvalue weighted by atomic mass is 32.2. The quantitative estimate of drug-likeness (QED) is 0.641. The predicted molar refractivity (Wildman–Crippen MR) is 103 cm³/mol. The van der Waals surface area contributed by atoms with Gasteiger partial charge in [-0.3, -0.25) is 4.98 Å². The maximum atomic E-state index is 13.4. The molecule has 0 aliphatic heterocycles. The second kappa shape index (κ2) is 8.18. The van der Waals surface area contributed by atoms with Crippen molar-refractivity contribution in [2.45, 2.75) is 23.3 Å². The van der Waals surface area contributed by atoms with Crippen LogP contribution in [0.1, 0.15) is 11.1 Å². The number of aryl methyl sites for hydroxylation is 1. The Kier molecular flexibility index (Phi) is 5.70. The molecule has 0 aliphatic carbocycles. The normalized spacial score (nSPS) is 11.1. The lowest BCUT2D eigenvalue weighted by atomic mass is 10.2. The van der Waals surface area contributed by atoms with Crippen molar-refractivity contribution in [3.05, 3.63) is 83.9 Å². The van der Waals surface area contributed by atoms with Crippen LogP contribution in [0.25, 0.3) is 0 Å². The summed E-state index contributed by atoms with van der Waals surface area (Å²) in [6.45, 7) is 1.82. The fourth-order valence-corrected chi connectivity index (χ4v) is 3.84. The van der Waals surface area contributed by atoms with E-state index in [1.165, 1.54) is 43.3 Å². The molecule has 8 heteroatoms. The first kappa shape index (κ1) is 19.5. The SMILES string of the molecule is Cc1cc(S(=O)(=O)c2ccc(NC(=O)NCc3cccnc3)cc2)ccc1F. The molecule has 0 aliphatic rings. The zero-order chi connectivity index (χ0) is 20.1. The summed E-state index contributed by atoms with van der Waals surface area (Å²) < 4.78 is 38.7. The molecule has 0 unspecified atom stereocenters. The molecule has 2 amide bonds. The van der Waals surface area contributed by atoms with Crippen LogP contribution in [0.4, 0.5) is 14.9 Å². The molecule has 28 heavy (non-hydrogen) atoms. The van der Waals surface area contributed by atoms with E-state index in [4.69, 9.17) is 0 Å². The number of pyridine rings is 1. The Labute approximate surface area is 162 Å². The monoisotopic (exact) mass is 399 g/mol. The smallest absolute Gasteiger partial charge is 0.319 e. The maximum absolute atomic E-state index is 13.4. The number of amides is 2. The first-order valence-electron chi connectivity index (χ1n) is 8.41. The van der Waals surface area contributed by atoms with E-state index >= 15 is 0 Å². The predicted octanol–water partition coefficient (Wildman–Crippen LogP) is 3.68. The number of nitrogens with one attached hydrogen (secondary N) is 2. The number of carbonyl (C=O) groups excluding carboxylic acids is 1. The summed E-state index contributed by atoms with van der Waals surface area (Å²) in [6.07, 6.45) is 3.30. The molecule has 3 rings (SSSR count). The Balaban J connectivity index is 1.67. The van der Waals surface area contributed by atoms with Gasteiger partial charge in [-0.05, 0) is 66.6 Å². The van der Waals surface area contributed by atoms with E-state index in [1.54, 1.807) is 18.5 Å². The number of nitrogens with zero attached hydrogens (tertiary/aromatic N) is 1. The van der Waals surface area contributed by atoms with Gasteiger partial charge in [0, 0.05) is 24.6 Å². The summed E-state index contributed by atoms with van der Waals surface area (Å²) in [4.78, 5) is 16.0. The molecule has 0 saturated carbocycles. The minimum absolute atomic E-state index is 0.0151. The molecule has 0 atom stereocenters. The van der Waals surface area contributed by atoms with Gasteiger partial charge >= 0.3 is 6.03 Å². The van der Waals surface area contributed by atoms with E-state index in [0.29, 0.717) is 12.2 Å². The summed E-state index contributed by atoms with van der Waals surface area (Å²) in [5, 5.41) is 5.32. The van der Waals surface area contributed by atoms with Crippen molar-refractivity contribution >= 4 is 21.6 Å². The summed E-state index contributed by atoms with van der Waals surface area (Å²) in [5.74, 6) is -0.462. The average molecular weight is 399 g/mol. The summed E-state index contributed by atoms with van der Waals surface area (Å²) in [7, 11) is -3.77. The molecule has 0 spiro atoms. The molecule has 144 valence electrons. The number of hydrogen-bond donors (Lipinski definition) is 2. The Morgan fingerprint density at radius 3 is 2.43 bits per heavy atom. The number of sulfone groups is 1. The average Bonchev–Trinajstić information content (AvgIpc) is 2.69. The van der Waals surface area contributed by atoms with Crippen LogP contribution in [0.3, 0.4) is 0 Å². The molecular weight excluding hydrogens is 381 g/mol. The highest BCUT2D eigenvalue weighted by molar-refractivity contribution is 7.91. The van der Waals surface area contributed by atoms with Crippen LogP contribution in [-0.4, -0.2) is 19.4 Å². The zero-order valence-corrected chi connectivity index (χ0v) is 15.8. The summed E-state index contributed by atoms with van der Waals surface area (Å²) in [6, 6.07) is 12.6. The molecule has 0 saturated heterocycles. The lowest BCUT2D eigenvalue weighted by Crippen LogP contribution is -2.28. The minimum atomic E-state index is -3.77. The van der Waals surface area contributed by atoms with E-state index in [0.717, 1.165) is 11.6 Å². The van der Waals surface area contributed by atoms with Crippen LogP contribution >= 0.6 is 0 Å². The van der Waals surface area contributed by atoms with Crippen LogP contribution < -0.4 is 10.6 Å². The Hall–Kier alpha value is -3.26. The third-order valence-corrected chi connectivity index (χ3v) is 5.81. The lowest BCUT2D eigenvalue weighted by Gasteiger charge is -2.09. The molecule has 6 nitrogen and oxygen atoms in total. The van der Waals surface area contributed by atoms with Crippen molar-refractivity contribution in [3.8, 4) is 0 Å². The molecule has 1 aromatic heterocycles. The van der Waals surface area contributed by atoms with E-state index in [9.17, 15) is 17.6 Å². The molecule has 0 radical (unpaired) electrons. The lowest BCUT2D eigenvalue weighted by molar-refractivity contribution is 0.251. The van der Waals surface area contributed by atoms with Gasteiger partial charge in [-0.15, -0.1) is 0 Å². The molecule has 2 N–H and O–H groups in total. The van der Waals surface area contributed by atoms with Gasteiger partial charge < -0.3 is 10.6 Å². The fraction of sp³-hybridized carbons (Fsp3) is 0.100. The van der Waals surface area contributed by atoms with Gasteiger partial charge in [0.05, 0.1) is 9.79 Å². The molecule has 0 bridgehead atoms. The van der Waals surface area contributed by atoms with E-state index in [2.05, 4.69) is 15.6 Å². The third-order valence-electron chi connectivity index (χ3n) is 4.04. The Morgan fingerprint density at radius 2 is 1.79 bits per heavy atom. The molecular formula is C20H18FN3O3S. The van der Waals surface area contributed by atoms with Crippen molar-refractivity contribution < 1.29 is 17.6 Å². The molecule has 3 aromatic rings. The zero-order valence-electron chi connectivity index (χ0n) is 15.0. The van der Waals surface area contributed by atoms with Gasteiger partial charge in [-0.1, -0.05) is 6.07 Å². The number of hydrogen-bond acceptors (Lipinski definition) is 4. The number of carbonyl (C=O) groups is 1. The van der Waals surface area contributed by atoms with Crippen molar-refractivity contribution in [3.63, 3.8) is 0 Å². The number of rotatable bonds is 5. The highest BCUT2D eigenvalue weighted by Gasteiger charge is 2.18. The fourth-order valence-electron chi connectivity index (χ4n) is 2.50. The van der Waals surface area contributed by atoms with Crippen LogP contribution in [0.15, 0.2) is 76.8 Å². The standard InChI is InChI=1S/C20H18FN3O3S/c1-14-11-18(8-9-19(14)21)28(26,27)17-6-4-16(5-7-17)24-20(25)23-13-15-3-2-10-22-12-15/h2-12H,13H2,1H3,(H2,23,24,25). The second-order valence-electron chi connectivity index (χ2n) is 6.11. The van der Waals surface area contributed by atoms with Gasteiger partial charge in [0.2, 0.25) is 9.84 Å². The summed E-state index contributed by atoms with van der Waals surface area (Å²) in [5.41, 5.74) is 1.55. The van der Waals surface area contributed by atoms with E-state index < -0.39 is 21.7 Å². The van der Waals surface area contributed by atoms with Gasteiger partial charge in [0.15, 0.2) is 0 Å². The van der Waals surface area contributed by atoms with E-state index in [-0.39, 0.29) is 15.4 Å². The van der Waals surface area contributed by atoms with Gasteiger partial charge in [0.1, 0.15) is 5.82 Å². The molecule has 0 fully saturated rings. The van der Waals surface area contributed by atoms with Crippen LogP contribution in [-0.2, 0) is 16.4 Å². The first-order chi connectivity index (χ1) is 13.4. The van der Waals surface area contributed by atoms with Crippen LogP contribution in [0, 0.1) is 12.7 Å². The Morgan fingerprint density at radius 1 is 1.07 bits per heavy atom. The second-order valence-corrected chi connectivity index (χ2v) is 8.06. The summed E-state index contributed by atoms with van der Waals surface area (Å²) >= 11 is 0. The highest BCUT2D eigenvalue weighted by Crippen LogP contribution is 2.24. The number of urea groups is 1. The molecule has 1 heterocycles. The van der Waals surface area contributed by atoms with Crippen molar-refractivity contribution in [2.24, 2.45) is 0 Å². The molecule has 2 aromatic carbocycles. The number of anilines is 1. The van der Waals surface area contributed by atoms with Crippen molar-refractivity contribution in [1.82, 2.24) is 10.3 Å². The van der Waals surface area contributed by atoms with Crippen molar-refractivity contribution in [1.29, 1.82) is 0 Å². The topological polar surface area (TPSA) is 88.2 Å². The Bertz CT molecular complexity index is 1090. The first-order valence-corrected chi connectivity index (χ1v) is 9.89.